The molecule has 0 aliphatic carbocycles. The molecule has 1 heterocycles. The molecule has 0 aromatic rings. The fourth-order valence-corrected chi connectivity index (χ4v) is 1.66. The molecule has 3 heteroatoms. The Morgan fingerprint density at radius 1 is 1.46 bits per heavy atom. The van der Waals surface area contributed by atoms with Crippen LogP contribution in [0.5, 0.6) is 0 Å². The maximum absolute atomic E-state index is 5.62. The van der Waals surface area contributed by atoms with Crippen molar-refractivity contribution < 1.29 is 4.74 Å². The molecule has 3 nitrogen and oxygen atoms in total. The summed E-state index contributed by atoms with van der Waals surface area (Å²) >= 11 is 0. The van der Waals surface area contributed by atoms with Crippen molar-refractivity contribution in [3.63, 3.8) is 0 Å². The SMILES string of the molecule is CCCN(C)CCC1CNCCO1. The Bertz CT molecular complexity index is 124. The monoisotopic (exact) mass is 186 g/mol. The van der Waals surface area contributed by atoms with Crippen LogP contribution in [0, 0.1) is 0 Å². The van der Waals surface area contributed by atoms with Crippen molar-refractivity contribution in [2.45, 2.75) is 25.9 Å². The smallest absolute Gasteiger partial charge is 0.0712 e. The van der Waals surface area contributed by atoms with E-state index in [4.69, 9.17) is 4.74 Å². The number of rotatable bonds is 5. The first-order valence-electron chi connectivity index (χ1n) is 5.33. The topological polar surface area (TPSA) is 24.5 Å². The van der Waals surface area contributed by atoms with Crippen molar-refractivity contribution in [3.05, 3.63) is 0 Å². The van der Waals surface area contributed by atoms with E-state index in [0.717, 1.165) is 32.7 Å². The van der Waals surface area contributed by atoms with Gasteiger partial charge in [-0.15, -0.1) is 0 Å². The van der Waals surface area contributed by atoms with Gasteiger partial charge in [-0.25, -0.2) is 0 Å². The lowest BCUT2D eigenvalue weighted by Gasteiger charge is -2.25. The second-order valence-electron chi connectivity index (χ2n) is 3.79. The van der Waals surface area contributed by atoms with Crippen molar-refractivity contribution in [1.29, 1.82) is 0 Å². The molecule has 1 aliphatic heterocycles. The van der Waals surface area contributed by atoms with Gasteiger partial charge in [0.25, 0.3) is 0 Å². The van der Waals surface area contributed by atoms with Gasteiger partial charge in [-0.2, -0.15) is 0 Å². The van der Waals surface area contributed by atoms with Crippen LogP contribution in [0.1, 0.15) is 19.8 Å². The van der Waals surface area contributed by atoms with Gasteiger partial charge in [0.1, 0.15) is 0 Å². The lowest BCUT2D eigenvalue weighted by atomic mass is 10.2. The van der Waals surface area contributed by atoms with E-state index in [9.17, 15) is 0 Å². The average molecular weight is 186 g/mol. The number of nitrogens with one attached hydrogen (secondary N) is 1. The summed E-state index contributed by atoms with van der Waals surface area (Å²) in [6.45, 7) is 7.49. The van der Waals surface area contributed by atoms with Crippen LogP contribution in [0.3, 0.4) is 0 Å². The number of hydrogen-bond acceptors (Lipinski definition) is 3. The highest BCUT2D eigenvalue weighted by Gasteiger charge is 2.13. The molecule has 0 aromatic carbocycles. The molecule has 13 heavy (non-hydrogen) atoms. The first-order chi connectivity index (χ1) is 6.33. The van der Waals surface area contributed by atoms with Gasteiger partial charge in [-0.1, -0.05) is 6.92 Å². The molecular formula is C10H22N2O. The van der Waals surface area contributed by atoms with Crippen LogP contribution in [-0.4, -0.2) is 50.8 Å². The Balaban J connectivity index is 2.03. The molecule has 1 rings (SSSR count). The van der Waals surface area contributed by atoms with Crippen LogP contribution in [0.2, 0.25) is 0 Å². The highest BCUT2D eigenvalue weighted by Crippen LogP contribution is 2.02. The molecule has 1 fully saturated rings. The number of morpholine rings is 1. The fourth-order valence-electron chi connectivity index (χ4n) is 1.66. The standard InChI is InChI=1S/C10H22N2O/c1-3-6-12(2)7-4-10-9-11-5-8-13-10/h10-11H,3-9H2,1-2H3. The van der Waals surface area contributed by atoms with Gasteiger partial charge in [0.2, 0.25) is 0 Å². The summed E-state index contributed by atoms with van der Waals surface area (Å²) in [7, 11) is 2.18. The van der Waals surface area contributed by atoms with Gasteiger partial charge >= 0.3 is 0 Å². The third-order valence-corrected chi connectivity index (χ3v) is 2.44. The third kappa shape index (κ3) is 4.60. The van der Waals surface area contributed by atoms with E-state index in [-0.39, 0.29) is 0 Å². The number of ether oxygens (including phenoxy) is 1. The lowest BCUT2D eigenvalue weighted by molar-refractivity contribution is 0.0188. The minimum atomic E-state index is 0.438. The minimum absolute atomic E-state index is 0.438. The zero-order valence-electron chi connectivity index (χ0n) is 8.88. The summed E-state index contributed by atoms with van der Waals surface area (Å²) in [5.41, 5.74) is 0. The van der Waals surface area contributed by atoms with E-state index in [1.54, 1.807) is 0 Å². The molecule has 1 unspecified atom stereocenters. The highest BCUT2D eigenvalue weighted by atomic mass is 16.5. The van der Waals surface area contributed by atoms with E-state index < -0.39 is 0 Å². The Morgan fingerprint density at radius 2 is 2.31 bits per heavy atom. The van der Waals surface area contributed by atoms with E-state index in [1.165, 1.54) is 13.0 Å². The number of nitrogens with zero attached hydrogens (tertiary/aromatic N) is 1. The summed E-state index contributed by atoms with van der Waals surface area (Å²) in [6, 6.07) is 0. The first kappa shape index (κ1) is 11.0. The van der Waals surface area contributed by atoms with Gasteiger partial charge in [-0.3, -0.25) is 0 Å². The van der Waals surface area contributed by atoms with E-state index in [2.05, 4.69) is 24.2 Å². The third-order valence-electron chi connectivity index (χ3n) is 2.44. The predicted octanol–water partition coefficient (Wildman–Crippen LogP) is 0.707. The zero-order chi connectivity index (χ0) is 9.52. The molecule has 1 saturated heterocycles. The van der Waals surface area contributed by atoms with Crippen LogP contribution >= 0.6 is 0 Å². The maximum atomic E-state index is 5.62. The van der Waals surface area contributed by atoms with Gasteiger partial charge in [-0.05, 0) is 26.4 Å². The average Bonchev–Trinajstić information content (AvgIpc) is 2.17. The largest absolute Gasteiger partial charge is 0.376 e. The molecular weight excluding hydrogens is 164 g/mol. The van der Waals surface area contributed by atoms with Crippen LogP contribution in [0.25, 0.3) is 0 Å². The summed E-state index contributed by atoms with van der Waals surface area (Å²) in [6.07, 6.45) is 2.83. The normalized spacial score (nSPS) is 23.8. The second kappa shape index (κ2) is 6.35. The Hall–Kier alpha value is -0.120. The first-order valence-corrected chi connectivity index (χ1v) is 5.33. The van der Waals surface area contributed by atoms with Crippen molar-refractivity contribution >= 4 is 0 Å². The molecule has 1 atom stereocenters. The molecule has 78 valence electrons. The van der Waals surface area contributed by atoms with Crippen LogP contribution in [0.4, 0.5) is 0 Å². The van der Waals surface area contributed by atoms with Crippen LogP contribution in [-0.2, 0) is 4.74 Å². The predicted molar refractivity (Wildman–Crippen MR) is 55.0 cm³/mol. The van der Waals surface area contributed by atoms with Gasteiger partial charge in [0, 0.05) is 19.6 Å². The van der Waals surface area contributed by atoms with E-state index >= 15 is 0 Å². The molecule has 0 saturated carbocycles. The van der Waals surface area contributed by atoms with Gasteiger partial charge in [0.05, 0.1) is 12.7 Å². The summed E-state index contributed by atoms with van der Waals surface area (Å²) in [5.74, 6) is 0. The van der Waals surface area contributed by atoms with Gasteiger partial charge < -0.3 is 15.0 Å². The van der Waals surface area contributed by atoms with Gasteiger partial charge in [0.15, 0.2) is 0 Å². The molecule has 0 radical (unpaired) electrons. The Labute approximate surface area is 81.4 Å². The number of hydrogen-bond donors (Lipinski definition) is 1. The molecule has 0 bridgehead atoms. The summed E-state index contributed by atoms with van der Waals surface area (Å²) in [5, 5.41) is 3.35. The summed E-state index contributed by atoms with van der Waals surface area (Å²) < 4.78 is 5.62. The van der Waals surface area contributed by atoms with Crippen LogP contribution < -0.4 is 5.32 Å². The lowest BCUT2D eigenvalue weighted by Crippen LogP contribution is -2.40. The minimum Gasteiger partial charge on any atom is -0.376 e. The molecule has 1 N–H and O–H groups in total. The molecule has 0 aromatic heterocycles. The molecule has 1 aliphatic rings. The second-order valence-corrected chi connectivity index (χ2v) is 3.79. The van der Waals surface area contributed by atoms with Crippen molar-refractivity contribution in [2.75, 3.05) is 39.8 Å². The van der Waals surface area contributed by atoms with E-state index in [0.29, 0.717) is 6.10 Å². The maximum Gasteiger partial charge on any atom is 0.0712 e. The van der Waals surface area contributed by atoms with Crippen molar-refractivity contribution in [2.24, 2.45) is 0 Å². The molecule has 0 spiro atoms. The van der Waals surface area contributed by atoms with Crippen LogP contribution in [0.15, 0.2) is 0 Å². The van der Waals surface area contributed by atoms with E-state index in [1.807, 2.05) is 0 Å². The Kier molecular flexibility index (Phi) is 5.35. The highest BCUT2D eigenvalue weighted by molar-refractivity contribution is 4.68. The fraction of sp³-hybridized carbons (Fsp3) is 1.00. The molecule has 0 amide bonds. The summed E-state index contributed by atoms with van der Waals surface area (Å²) in [4.78, 5) is 2.37. The van der Waals surface area contributed by atoms with Crippen molar-refractivity contribution in [3.8, 4) is 0 Å². The van der Waals surface area contributed by atoms with Crippen molar-refractivity contribution in [1.82, 2.24) is 10.2 Å². The quantitative estimate of drug-likeness (QED) is 0.684. The Morgan fingerprint density at radius 3 is 2.92 bits per heavy atom. The zero-order valence-corrected chi connectivity index (χ0v) is 8.88.